The Labute approximate surface area is 158 Å². The lowest BCUT2D eigenvalue weighted by molar-refractivity contribution is -0.150. The number of nitrogens with zero attached hydrogens (tertiary/aromatic N) is 1. The van der Waals surface area contributed by atoms with Gasteiger partial charge < -0.3 is 19.7 Å². The third-order valence-corrected chi connectivity index (χ3v) is 4.85. The number of thioether (sulfide) groups is 1. The maximum absolute atomic E-state index is 12.6. The highest BCUT2D eigenvalue weighted by Crippen LogP contribution is 2.36. The third kappa shape index (κ3) is 4.14. The van der Waals surface area contributed by atoms with E-state index in [4.69, 9.17) is 26.8 Å². The highest BCUT2D eigenvalue weighted by Gasteiger charge is 2.41. The van der Waals surface area contributed by atoms with Gasteiger partial charge in [0, 0.05) is 11.6 Å². The van der Waals surface area contributed by atoms with Gasteiger partial charge in [-0.15, -0.1) is 0 Å². The van der Waals surface area contributed by atoms with Crippen LogP contribution in [0.15, 0.2) is 23.1 Å². The summed E-state index contributed by atoms with van der Waals surface area (Å²) < 4.78 is 10.4. The zero-order valence-electron chi connectivity index (χ0n) is 13.8. The average Bonchev–Trinajstić information content (AvgIpc) is 2.86. The second-order valence-corrected chi connectivity index (χ2v) is 6.79. The number of carbonyl (C=O) groups excluding carboxylic acids is 1. The van der Waals surface area contributed by atoms with Gasteiger partial charge in [0.25, 0.3) is 5.91 Å². The van der Waals surface area contributed by atoms with Crippen LogP contribution in [-0.4, -0.2) is 57.5 Å². The molecule has 0 saturated carbocycles. The van der Waals surface area contributed by atoms with Gasteiger partial charge in [0.05, 0.1) is 25.5 Å². The summed E-state index contributed by atoms with van der Waals surface area (Å²) in [4.78, 5) is 35.9. The van der Waals surface area contributed by atoms with Crippen molar-refractivity contribution in [1.29, 1.82) is 0 Å². The normalized spacial score (nSPS) is 16.7. The fourth-order valence-electron chi connectivity index (χ4n) is 2.28. The lowest BCUT2D eigenvalue weighted by atomic mass is 10.1. The number of carboxylic acids is 2. The van der Waals surface area contributed by atoms with Crippen LogP contribution in [0.4, 0.5) is 0 Å². The van der Waals surface area contributed by atoms with E-state index in [2.05, 4.69) is 0 Å². The molecule has 0 unspecified atom stereocenters. The monoisotopic (exact) mass is 397 g/mol. The van der Waals surface area contributed by atoms with Crippen molar-refractivity contribution < 1.29 is 34.1 Å². The van der Waals surface area contributed by atoms with Crippen LogP contribution >= 0.6 is 24.0 Å². The van der Waals surface area contributed by atoms with Crippen molar-refractivity contribution in [1.82, 2.24) is 4.90 Å². The Morgan fingerprint density at radius 3 is 2.54 bits per heavy atom. The van der Waals surface area contributed by atoms with Crippen LogP contribution in [0.3, 0.4) is 0 Å². The summed E-state index contributed by atoms with van der Waals surface area (Å²) in [5.74, 6) is -2.42. The largest absolute Gasteiger partial charge is 0.497 e. The Morgan fingerprint density at radius 1 is 1.31 bits per heavy atom. The predicted molar refractivity (Wildman–Crippen MR) is 98.2 cm³/mol. The van der Waals surface area contributed by atoms with Gasteiger partial charge in [0.2, 0.25) is 0 Å². The molecule has 1 saturated heterocycles. The number of hydrogen-bond donors (Lipinski definition) is 2. The molecule has 0 spiro atoms. The SMILES string of the molecule is COc1ccc(/C=C2\SC(=S)N([C@H](CC(=O)O)C(=O)O)C2=O)c(OC)c1. The highest BCUT2D eigenvalue weighted by molar-refractivity contribution is 8.26. The van der Waals surface area contributed by atoms with Crippen molar-refractivity contribution in [3.8, 4) is 11.5 Å². The molecule has 1 amide bonds. The Morgan fingerprint density at radius 2 is 2.00 bits per heavy atom. The van der Waals surface area contributed by atoms with Gasteiger partial charge in [-0.2, -0.15) is 0 Å². The fourth-order valence-corrected chi connectivity index (χ4v) is 3.63. The molecule has 1 aliphatic rings. The van der Waals surface area contributed by atoms with Crippen molar-refractivity contribution in [3.05, 3.63) is 28.7 Å². The molecular formula is C16H15NO7S2. The second kappa shape index (κ2) is 8.19. The van der Waals surface area contributed by atoms with Crippen molar-refractivity contribution >= 4 is 52.2 Å². The molecule has 0 aromatic heterocycles. The maximum atomic E-state index is 12.6. The molecule has 1 aromatic rings. The third-order valence-electron chi connectivity index (χ3n) is 3.52. The number of methoxy groups -OCH3 is 2. The molecule has 1 fully saturated rings. The number of amides is 1. The maximum Gasteiger partial charge on any atom is 0.327 e. The van der Waals surface area contributed by atoms with E-state index in [0.29, 0.717) is 17.1 Å². The van der Waals surface area contributed by atoms with Crippen molar-refractivity contribution in [3.63, 3.8) is 0 Å². The Bertz CT molecular complexity index is 806. The van der Waals surface area contributed by atoms with E-state index in [0.717, 1.165) is 16.7 Å². The topological polar surface area (TPSA) is 113 Å². The summed E-state index contributed by atoms with van der Waals surface area (Å²) in [6, 6.07) is 3.43. The van der Waals surface area contributed by atoms with Crippen molar-refractivity contribution in [2.24, 2.45) is 0 Å². The first-order valence-corrected chi connectivity index (χ1v) is 8.44. The molecule has 10 heteroatoms. The van der Waals surface area contributed by atoms with E-state index in [1.807, 2.05) is 0 Å². The number of benzene rings is 1. The van der Waals surface area contributed by atoms with E-state index in [9.17, 15) is 19.5 Å². The number of hydrogen-bond acceptors (Lipinski definition) is 7. The summed E-state index contributed by atoms with van der Waals surface area (Å²) >= 11 is 5.98. The van der Waals surface area contributed by atoms with Crippen LogP contribution in [-0.2, 0) is 14.4 Å². The molecule has 138 valence electrons. The van der Waals surface area contributed by atoms with Gasteiger partial charge in [-0.1, -0.05) is 24.0 Å². The van der Waals surface area contributed by atoms with E-state index >= 15 is 0 Å². The fraction of sp³-hybridized carbons (Fsp3) is 0.250. The number of rotatable bonds is 7. The van der Waals surface area contributed by atoms with E-state index in [-0.39, 0.29) is 9.23 Å². The Hall–Kier alpha value is -2.59. The first-order chi connectivity index (χ1) is 12.3. The average molecular weight is 397 g/mol. The molecule has 1 aromatic carbocycles. The molecule has 1 atom stereocenters. The zero-order chi connectivity index (χ0) is 19.4. The highest BCUT2D eigenvalue weighted by atomic mass is 32.2. The predicted octanol–water partition coefficient (Wildman–Crippen LogP) is 1.83. The van der Waals surface area contributed by atoms with Gasteiger partial charge in [-0.05, 0) is 18.2 Å². The Balaban J connectivity index is 2.37. The van der Waals surface area contributed by atoms with Gasteiger partial charge >= 0.3 is 11.9 Å². The summed E-state index contributed by atoms with van der Waals surface area (Å²) in [5.41, 5.74) is 0.568. The molecular weight excluding hydrogens is 382 g/mol. The van der Waals surface area contributed by atoms with Crippen molar-refractivity contribution in [2.45, 2.75) is 12.5 Å². The number of carbonyl (C=O) groups is 3. The van der Waals surface area contributed by atoms with E-state index in [1.54, 1.807) is 18.2 Å². The molecule has 1 aliphatic heterocycles. The number of aliphatic carboxylic acids is 2. The Kier molecular flexibility index (Phi) is 6.22. The minimum atomic E-state index is -1.57. The van der Waals surface area contributed by atoms with Crippen LogP contribution in [0.5, 0.6) is 11.5 Å². The molecule has 0 bridgehead atoms. The number of thiocarbonyl (C=S) groups is 1. The standard InChI is InChI=1S/C16H15NO7S2/c1-23-9-4-3-8(11(6-9)24-2)5-12-14(20)17(16(25)26-12)10(15(21)22)7-13(18)19/h3-6,10H,7H2,1-2H3,(H,18,19)(H,21,22)/b12-5-/t10-/m1/s1. The molecule has 26 heavy (non-hydrogen) atoms. The molecule has 2 rings (SSSR count). The molecule has 0 aliphatic carbocycles. The first kappa shape index (κ1) is 19.7. The zero-order valence-corrected chi connectivity index (χ0v) is 15.4. The molecule has 0 radical (unpaired) electrons. The van der Waals surface area contributed by atoms with Gasteiger partial charge in [0.1, 0.15) is 21.9 Å². The first-order valence-electron chi connectivity index (χ1n) is 7.22. The lowest BCUT2D eigenvalue weighted by Crippen LogP contribution is -2.45. The van der Waals surface area contributed by atoms with Gasteiger partial charge in [-0.25, -0.2) is 4.79 Å². The van der Waals surface area contributed by atoms with Crippen LogP contribution in [0, 0.1) is 0 Å². The lowest BCUT2D eigenvalue weighted by Gasteiger charge is -2.21. The van der Waals surface area contributed by atoms with Crippen molar-refractivity contribution in [2.75, 3.05) is 14.2 Å². The quantitative estimate of drug-likeness (QED) is 0.525. The summed E-state index contributed by atoms with van der Waals surface area (Å²) in [6.45, 7) is 0. The minimum Gasteiger partial charge on any atom is -0.497 e. The van der Waals surface area contributed by atoms with E-state index in [1.165, 1.54) is 20.3 Å². The van der Waals surface area contributed by atoms with Crippen LogP contribution in [0.2, 0.25) is 0 Å². The summed E-state index contributed by atoms with van der Waals surface area (Å²) in [6.07, 6.45) is 0.762. The summed E-state index contributed by atoms with van der Waals surface area (Å²) in [7, 11) is 2.97. The second-order valence-electron chi connectivity index (χ2n) is 5.11. The summed E-state index contributed by atoms with van der Waals surface area (Å²) in [5, 5.41) is 18.1. The number of carboxylic acid groups (broad SMARTS) is 2. The van der Waals surface area contributed by atoms with Gasteiger partial charge in [0.15, 0.2) is 0 Å². The smallest absolute Gasteiger partial charge is 0.327 e. The van der Waals surface area contributed by atoms with Crippen LogP contribution in [0.25, 0.3) is 6.08 Å². The molecule has 1 heterocycles. The molecule has 8 nitrogen and oxygen atoms in total. The van der Waals surface area contributed by atoms with Crippen LogP contribution < -0.4 is 9.47 Å². The van der Waals surface area contributed by atoms with E-state index < -0.39 is 30.3 Å². The minimum absolute atomic E-state index is 0.0117. The van der Waals surface area contributed by atoms with Crippen LogP contribution in [0.1, 0.15) is 12.0 Å². The van der Waals surface area contributed by atoms with Gasteiger partial charge in [-0.3, -0.25) is 14.5 Å². The molecule has 2 N–H and O–H groups in total. The number of ether oxygens (including phenoxy) is 2.